The Labute approximate surface area is 112 Å². The van der Waals surface area contributed by atoms with Crippen molar-refractivity contribution in [3.63, 3.8) is 0 Å². The molecule has 0 fully saturated rings. The van der Waals surface area contributed by atoms with Crippen LogP contribution in [0.4, 0.5) is 0 Å². The number of ether oxygens (including phenoxy) is 1. The van der Waals surface area contributed by atoms with E-state index in [0.29, 0.717) is 21.8 Å². The fourth-order valence-electron chi connectivity index (χ4n) is 1.67. The molecule has 2 rings (SSSR count). The fourth-order valence-corrected chi connectivity index (χ4v) is 2.21. The molecule has 17 heavy (non-hydrogen) atoms. The molecule has 0 amide bonds. The Kier molecular flexibility index (Phi) is 3.35. The van der Waals surface area contributed by atoms with Gasteiger partial charge in [-0.1, -0.05) is 27.5 Å². The summed E-state index contributed by atoms with van der Waals surface area (Å²) in [4.78, 5) is 16.0. The number of carbonyl (C=O) groups excluding carboxylic acids is 1. The van der Waals surface area contributed by atoms with Crippen LogP contribution in [0.1, 0.15) is 15.9 Å². The summed E-state index contributed by atoms with van der Waals surface area (Å²) < 4.78 is 5.65. The second-order valence-electron chi connectivity index (χ2n) is 3.56. The van der Waals surface area contributed by atoms with Crippen LogP contribution in [-0.4, -0.2) is 18.1 Å². The van der Waals surface area contributed by atoms with Gasteiger partial charge in [0.1, 0.15) is 5.15 Å². The quantitative estimate of drug-likeness (QED) is 0.594. The van der Waals surface area contributed by atoms with Gasteiger partial charge in [0.15, 0.2) is 0 Å². The molecule has 0 N–H and O–H groups in total. The van der Waals surface area contributed by atoms with Crippen molar-refractivity contribution >= 4 is 44.4 Å². The monoisotopic (exact) mass is 313 g/mol. The Morgan fingerprint density at radius 1 is 1.47 bits per heavy atom. The number of hydrogen-bond donors (Lipinski definition) is 0. The molecular weight excluding hydrogens is 305 g/mol. The van der Waals surface area contributed by atoms with E-state index in [-0.39, 0.29) is 0 Å². The van der Waals surface area contributed by atoms with Crippen LogP contribution in [0.2, 0.25) is 5.15 Å². The number of benzene rings is 1. The molecule has 0 aliphatic rings. The van der Waals surface area contributed by atoms with E-state index in [0.717, 1.165) is 9.86 Å². The fraction of sp³-hybridized carbons (Fsp3) is 0.167. The topological polar surface area (TPSA) is 39.2 Å². The van der Waals surface area contributed by atoms with Crippen LogP contribution < -0.4 is 0 Å². The Balaban J connectivity index is 2.89. The number of halogens is 2. The Morgan fingerprint density at radius 3 is 2.82 bits per heavy atom. The standard InChI is InChI=1S/C12H9BrClNO2/c1-6-10(12(16)17-2)8-5-7(13)3-4-9(8)15-11(6)14/h3-5H,1-2H3. The molecule has 0 bridgehead atoms. The molecule has 0 saturated heterocycles. The summed E-state index contributed by atoms with van der Waals surface area (Å²) >= 11 is 9.37. The van der Waals surface area contributed by atoms with Crippen molar-refractivity contribution in [1.82, 2.24) is 4.98 Å². The first-order valence-corrected chi connectivity index (χ1v) is 6.05. The number of pyridine rings is 1. The number of methoxy groups -OCH3 is 1. The Hall–Kier alpha value is -1.13. The molecule has 0 radical (unpaired) electrons. The Bertz CT molecular complexity index is 613. The maximum Gasteiger partial charge on any atom is 0.338 e. The minimum atomic E-state index is -0.407. The van der Waals surface area contributed by atoms with E-state index >= 15 is 0 Å². The average Bonchev–Trinajstić information content (AvgIpc) is 2.31. The third kappa shape index (κ3) is 2.15. The molecule has 0 atom stereocenters. The highest BCUT2D eigenvalue weighted by Gasteiger charge is 2.17. The lowest BCUT2D eigenvalue weighted by Crippen LogP contribution is -2.06. The van der Waals surface area contributed by atoms with Gasteiger partial charge in [-0.15, -0.1) is 0 Å². The van der Waals surface area contributed by atoms with Crippen LogP contribution in [0.15, 0.2) is 22.7 Å². The van der Waals surface area contributed by atoms with E-state index in [2.05, 4.69) is 20.9 Å². The van der Waals surface area contributed by atoms with Crippen molar-refractivity contribution in [2.75, 3.05) is 7.11 Å². The van der Waals surface area contributed by atoms with Crippen molar-refractivity contribution in [2.24, 2.45) is 0 Å². The summed E-state index contributed by atoms with van der Waals surface area (Å²) in [5.41, 5.74) is 1.76. The van der Waals surface area contributed by atoms with Gasteiger partial charge >= 0.3 is 5.97 Å². The SMILES string of the molecule is COC(=O)c1c(C)c(Cl)nc2ccc(Br)cc12. The van der Waals surface area contributed by atoms with E-state index < -0.39 is 5.97 Å². The number of carbonyl (C=O) groups is 1. The van der Waals surface area contributed by atoms with Crippen LogP contribution in [-0.2, 0) is 4.74 Å². The predicted molar refractivity (Wildman–Crippen MR) is 70.5 cm³/mol. The number of esters is 1. The normalized spacial score (nSPS) is 10.6. The van der Waals surface area contributed by atoms with Gasteiger partial charge in [-0.05, 0) is 25.1 Å². The minimum Gasteiger partial charge on any atom is -0.465 e. The second-order valence-corrected chi connectivity index (χ2v) is 4.83. The summed E-state index contributed by atoms with van der Waals surface area (Å²) in [6.45, 7) is 1.75. The Morgan fingerprint density at radius 2 is 2.18 bits per heavy atom. The molecule has 0 aliphatic carbocycles. The predicted octanol–water partition coefficient (Wildman–Crippen LogP) is 3.75. The van der Waals surface area contributed by atoms with Crippen molar-refractivity contribution in [2.45, 2.75) is 6.92 Å². The summed E-state index contributed by atoms with van der Waals surface area (Å²) in [5.74, 6) is -0.407. The molecule has 0 spiro atoms. The highest BCUT2D eigenvalue weighted by Crippen LogP contribution is 2.28. The summed E-state index contributed by atoms with van der Waals surface area (Å²) in [6.07, 6.45) is 0. The summed E-state index contributed by atoms with van der Waals surface area (Å²) in [6, 6.07) is 5.48. The van der Waals surface area contributed by atoms with Crippen molar-refractivity contribution in [3.05, 3.63) is 39.0 Å². The number of rotatable bonds is 1. The largest absolute Gasteiger partial charge is 0.465 e. The molecule has 1 aromatic heterocycles. The molecule has 0 unspecified atom stereocenters. The molecule has 2 aromatic rings. The van der Waals surface area contributed by atoms with Gasteiger partial charge in [-0.3, -0.25) is 0 Å². The van der Waals surface area contributed by atoms with Gasteiger partial charge in [-0.2, -0.15) is 0 Å². The summed E-state index contributed by atoms with van der Waals surface area (Å²) in [7, 11) is 1.35. The second kappa shape index (κ2) is 4.63. The van der Waals surface area contributed by atoms with Crippen LogP contribution in [0.25, 0.3) is 10.9 Å². The maximum atomic E-state index is 11.8. The highest BCUT2D eigenvalue weighted by atomic mass is 79.9. The number of nitrogens with zero attached hydrogens (tertiary/aromatic N) is 1. The lowest BCUT2D eigenvalue weighted by Gasteiger charge is -2.09. The number of fused-ring (bicyclic) bond motifs is 1. The molecular formula is C12H9BrClNO2. The molecule has 88 valence electrons. The van der Waals surface area contributed by atoms with Crippen LogP contribution in [0, 0.1) is 6.92 Å². The summed E-state index contributed by atoms with van der Waals surface area (Å²) in [5, 5.41) is 1.05. The highest BCUT2D eigenvalue weighted by molar-refractivity contribution is 9.10. The first kappa shape index (κ1) is 12.3. The third-order valence-corrected chi connectivity index (χ3v) is 3.38. The van der Waals surface area contributed by atoms with Crippen LogP contribution >= 0.6 is 27.5 Å². The van der Waals surface area contributed by atoms with Gasteiger partial charge < -0.3 is 4.74 Å². The molecule has 5 heteroatoms. The zero-order valence-corrected chi connectivity index (χ0v) is 11.6. The van der Waals surface area contributed by atoms with Crippen molar-refractivity contribution in [3.8, 4) is 0 Å². The van der Waals surface area contributed by atoms with Gasteiger partial charge in [0, 0.05) is 15.4 Å². The van der Waals surface area contributed by atoms with Gasteiger partial charge in [0.25, 0.3) is 0 Å². The number of aromatic nitrogens is 1. The average molecular weight is 315 g/mol. The van der Waals surface area contributed by atoms with Crippen molar-refractivity contribution < 1.29 is 9.53 Å². The lowest BCUT2D eigenvalue weighted by molar-refractivity contribution is 0.0602. The number of hydrogen-bond acceptors (Lipinski definition) is 3. The van der Waals surface area contributed by atoms with Crippen molar-refractivity contribution in [1.29, 1.82) is 0 Å². The van der Waals surface area contributed by atoms with E-state index in [9.17, 15) is 4.79 Å². The van der Waals surface area contributed by atoms with Crippen LogP contribution in [0.5, 0.6) is 0 Å². The first-order chi connectivity index (χ1) is 8.04. The lowest BCUT2D eigenvalue weighted by atomic mass is 10.0. The zero-order chi connectivity index (χ0) is 12.6. The van der Waals surface area contributed by atoms with E-state index in [1.54, 1.807) is 13.0 Å². The smallest absolute Gasteiger partial charge is 0.338 e. The molecule has 0 aliphatic heterocycles. The molecule has 0 saturated carbocycles. The molecule has 1 heterocycles. The molecule has 3 nitrogen and oxygen atoms in total. The third-order valence-electron chi connectivity index (χ3n) is 2.52. The van der Waals surface area contributed by atoms with E-state index in [4.69, 9.17) is 16.3 Å². The van der Waals surface area contributed by atoms with Crippen LogP contribution in [0.3, 0.4) is 0 Å². The minimum absolute atomic E-state index is 0.320. The van der Waals surface area contributed by atoms with E-state index in [1.807, 2.05) is 12.1 Å². The van der Waals surface area contributed by atoms with Gasteiger partial charge in [-0.25, -0.2) is 9.78 Å². The first-order valence-electron chi connectivity index (χ1n) is 4.88. The van der Waals surface area contributed by atoms with Gasteiger partial charge in [0.2, 0.25) is 0 Å². The zero-order valence-electron chi connectivity index (χ0n) is 9.25. The van der Waals surface area contributed by atoms with E-state index in [1.165, 1.54) is 7.11 Å². The van der Waals surface area contributed by atoms with Gasteiger partial charge in [0.05, 0.1) is 18.2 Å². The maximum absolute atomic E-state index is 11.8. The molecule has 1 aromatic carbocycles.